The van der Waals surface area contributed by atoms with Gasteiger partial charge in [-0.2, -0.15) is 0 Å². The molecule has 6 rings (SSSR count). The van der Waals surface area contributed by atoms with Crippen LogP contribution in [0, 0.1) is 0 Å². The summed E-state index contributed by atoms with van der Waals surface area (Å²) in [6, 6.07) is 21.9. The van der Waals surface area contributed by atoms with Gasteiger partial charge in [0.15, 0.2) is 17.8 Å². The number of carbonyl (C=O) groups excluding carboxylic acids is 1. The first-order valence-corrected chi connectivity index (χ1v) is 13.3. The summed E-state index contributed by atoms with van der Waals surface area (Å²) in [6.45, 7) is 5.79. The van der Waals surface area contributed by atoms with Crippen molar-refractivity contribution in [3.05, 3.63) is 94.1 Å². The highest BCUT2D eigenvalue weighted by atomic mass is 35.5. The minimum Gasteiger partial charge on any atom is -0.379 e. The number of benzene rings is 3. The lowest BCUT2D eigenvalue weighted by Crippen LogP contribution is -2.38. The van der Waals surface area contributed by atoms with Crippen molar-refractivity contribution < 1.29 is 9.53 Å². The molecular formula is C29H27Cl2N5O2. The average molecular weight is 548 g/mol. The molecule has 38 heavy (non-hydrogen) atoms. The molecular weight excluding hydrogens is 521 g/mol. The normalized spacial score (nSPS) is 18.3. The van der Waals surface area contributed by atoms with Gasteiger partial charge in [-0.25, -0.2) is 5.01 Å². The molecule has 1 aromatic heterocycles. The van der Waals surface area contributed by atoms with E-state index < -0.39 is 6.17 Å². The molecule has 1 N–H and O–H groups in total. The smallest absolute Gasteiger partial charge is 0.198 e. The second kappa shape index (κ2) is 10.4. The van der Waals surface area contributed by atoms with Crippen LogP contribution in [-0.2, 0) is 16.1 Å². The molecule has 0 bridgehead atoms. The van der Waals surface area contributed by atoms with Crippen LogP contribution >= 0.6 is 23.2 Å². The third-order valence-electron chi connectivity index (χ3n) is 7.01. The van der Waals surface area contributed by atoms with Crippen LogP contribution < -0.4 is 9.91 Å². The number of aromatic nitrogens is 1. The van der Waals surface area contributed by atoms with Gasteiger partial charge in [-0.05, 0) is 42.0 Å². The first-order valence-electron chi connectivity index (χ1n) is 12.6. The number of rotatable bonds is 6. The number of aromatic amines is 1. The summed E-state index contributed by atoms with van der Waals surface area (Å²) in [6.07, 6.45) is 1.56. The lowest BCUT2D eigenvalue weighted by Gasteiger charge is -2.32. The van der Waals surface area contributed by atoms with E-state index in [1.807, 2.05) is 40.4 Å². The Labute approximate surface area is 231 Å². The number of Topliss-reactive ketones (excluding diaryl/α,β-unsaturated/α-hetero) is 1. The third-order valence-corrected chi connectivity index (χ3v) is 7.75. The lowest BCUT2D eigenvalue weighted by molar-refractivity contribution is -0.111. The maximum Gasteiger partial charge on any atom is 0.198 e. The summed E-state index contributed by atoms with van der Waals surface area (Å²) in [5, 5.41) is 8.61. The van der Waals surface area contributed by atoms with Crippen molar-refractivity contribution in [2.45, 2.75) is 19.6 Å². The number of ether oxygens (including phenoxy) is 1. The Balaban J connectivity index is 1.44. The maximum atomic E-state index is 13.0. The Kier molecular flexibility index (Phi) is 6.84. The molecule has 3 heterocycles. The number of nitrogens with zero attached hydrogens (tertiary/aromatic N) is 4. The fourth-order valence-corrected chi connectivity index (χ4v) is 5.41. The zero-order valence-corrected chi connectivity index (χ0v) is 22.4. The molecule has 4 aromatic rings. The molecule has 9 heteroatoms. The number of nitrogens with one attached hydrogen (secondary N) is 1. The predicted molar refractivity (Wildman–Crippen MR) is 153 cm³/mol. The summed E-state index contributed by atoms with van der Waals surface area (Å²) in [7, 11) is 0. The molecule has 0 unspecified atom stereocenters. The van der Waals surface area contributed by atoms with Crippen molar-refractivity contribution in [2.24, 2.45) is 5.10 Å². The van der Waals surface area contributed by atoms with Gasteiger partial charge < -0.3 is 9.72 Å². The average Bonchev–Trinajstić information content (AvgIpc) is 3.53. The molecule has 0 saturated carbocycles. The molecule has 7 nitrogen and oxygen atoms in total. The van der Waals surface area contributed by atoms with Crippen LogP contribution in [0.2, 0.25) is 10.0 Å². The van der Waals surface area contributed by atoms with Gasteiger partial charge in [0.25, 0.3) is 0 Å². The monoisotopic (exact) mass is 547 g/mol. The number of para-hydroxylation sites is 1. The van der Waals surface area contributed by atoms with Gasteiger partial charge in [-0.15, -0.1) is 5.10 Å². The van der Waals surface area contributed by atoms with Gasteiger partial charge in [0.1, 0.15) is 0 Å². The van der Waals surface area contributed by atoms with E-state index in [1.54, 1.807) is 19.1 Å². The number of anilines is 2. The lowest BCUT2D eigenvalue weighted by atomic mass is 10.1. The highest BCUT2D eigenvalue weighted by Crippen LogP contribution is 2.42. The molecule has 0 spiro atoms. The van der Waals surface area contributed by atoms with Crippen molar-refractivity contribution in [3.63, 3.8) is 0 Å². The van der Waals surface area contributed by atoms with Crippen molar-refractivity contribution in [3.8, 4) is 0 Å². The minimum atomic E-state index is -0.424. The van der Waals surface area contributed by atoms with Crippen molar-refractivity contribution in [1.82, 2.24) is 9.88 Å². The minimum absolute atomic E-state index is 0.130. The number of hydrazone groups is 1. The SMILES string of the molecule is CC(=O)C1=NN(c2ccc(Cl)c(Cl)c2)[C@H](c2c[nH]c3ccccc23)N1c1ccc(CN2CCOCC2)cc1. The van der Waals surface area contributed by atoms with Gasteiger partial charge in [0, 0.05) is 54.9 Å². The highest BCUT2D eigenvalue weighted by Gasteiger charge is 2.40. The molecule has 3 aromatic carbocycles. The van der Waals surface area contributed by atoms with Gasteiger partial charge in [0.2, 0.25) is 0 Å². The molecule has 1 fully saturated rings. The van der Waals surface area contributed by atoms with Crippen LogP contribution in [0.5, 0.6) is 0 Å². The van der Waals surface area contributed by atoms with Crippen LogP contribution in [0.4, 0.5) is 11.4 Å². The van der Waals surface area contributed by atoms with Crippen LogP contribution in [-0.4, -0.2) is 47.8 Å². The molecule has 0 radical (unpaired) electrons. The fourth-order valence-electron chi connectivity index (χ4n) is 5.12. The molecule has 194 valence electrons. The zero-order chi connectivity index (χ0) is 26.2. The Hall–Kier alpha value is -3.36. The predicted octanol–water partition coefficient (Wildman–Crippen LogP) is 6.23. The van der Waals surface area contributed by atoms with E-state index in [-0.39, 0.29) is 5.78 Å². The highest BCUT2D eigenvalue weighted by molar-refractivity contribution is 6.44. The summed E-state index contributed by atoms with van der Waals surface area (Å²) >= 11 is 12.6. The number of ketones is 1. The van der Waals surface area contributed by atoms with E-state index in [0.29, 0.717) is 15.9 Å². The zero-order valence-electron chi connectivity index (χ0n) is 20.9. The molecule has 0 aliphatic carbocycles. The number of carbonyl (C=O) groups is 1. The standard InChI is InChI=1S/C29H27Cl2N5O2/c1-19(37)28-33-36(22-10-11-25(30)26(31)16-22)29(24-17-32-27-5-3-2-4-23(24)27)35(28)21-8-6-20(7-9-21)18-34-12-14-38-15-13-34/h2-11,16-17,29,32H,12-15,18H2,1H3/t29-/m1/s1. The first-order chi connectivity index (χ1) is 18.5. The molecule has 0 amide bonds. The van der Waals surface area contributed by atoms with E-state index >= 15 is 0 Å². The Morgan fingerprint density at radius 1 is 1.00 bits per heavy atom. The van der Waals surface area contributed by atoms with Crippen molar-refractivity contribution in [2.75, 3.05) is 36.2 Å². The Morgan fingerprint density at radius 3 is 2.47 bits per heavy atom. The van der Waals surface area contributed by atoms with Gasteiger partial charge in [0.05, 0.1) is 28.9 Å². The van der Waals surface area contributed by atoms with Crippen molar-refractivity contribution in [1.29, 1.82) is 0 Å². The Morgan fingerprint density at radius 2 is 1.74 bits per heavy atom. The van der Waals surface area contributed by atoms with E-state index in [0.717, 1.165) is 60.7 Å². The number of hydrogen-bond acceptors (Lipinski definition) is 6. The third kappa shape index (κ3) is 4.67. The molecule has 1 atom stereocenters. The number of morpholine rings is 1. The van der Waals surface area contributed by atoms with Gasteiger partial charge >= 0.3 is 0 Å². The number of halogens is 2. The van der Waals surface area contributed by atoms with Crippen LogP contribution in [0.3, 0.4) is 0 Å². The number of amidine groups is 1. The second-order valence-electron chi connectivity index (χ2n) is 9.51. The maximum absolute atomic E-state index is 13.0. The van der Waals surface area contributed by atoms with E-state index in [1.165, 1.54) is 5.56 Å². The second-order valence-corrected chi connectivity index (χ2v) is 10.3. The van der Waals surface area contributed by atoms with Gasteiger partial charge in [-0.3, -0.25) is 14.6 Å². The van der Waals surface area contributed by atoms with Crippen LogP contribution in [0.25, 0.3) is 10.9 Å². The number of H-pyrrole nitrogens is 1. The molecule has 2 aliphatic heterocycles. The topological polar surface area (TPSA) is 64.2 Å². The largest absolute Gasteiger partial charge is 0.379 e. The van der Waals surface area contributed by atoms with E-state index in [9.17, 15) is 4.79 Å². The summed E-state index contributed by atoms with van der Waals surface area (Å²) in [5.41, 5.74) is 4.82. The first kappa shape index (κ1) is 24.9. The number of hydrogen-bond donors (Lipinski definition) is 1. The molecule has 1 saturated heterocycles. The summed E-state index contributed by atoms with van der Waals surface area (Å²) in [4.78, 5) is 20.7. The van der Waals surface area contributed by atoms with Gasteiger partial charge in [-0.1, -0.05) is 53.5 Å². The van der Waals surface area contributed by atoms with Crippen LogP contribution in [0.15, 0.2) is 78.0 Å². The molecule has 2 aliphatic rings. The van der Waals surface area contributed by atoms with E-state index in [2.05, 4.69) is 40.2 Å². The summed E-state index contributed by atoms with van der Waals surface area (Å²) < 4.78 is 5.48. The van der Waals surface area contributed by atoms with Crippen LogP contribution in [0.1, 0.15) is 24.2 Å². The fraction of sp³-hybridized carbons (Fsp3) is 0.241. The van der Waals surface area contributed by atoms with Crippen molar-refractivity contribution >= 4 is 57.1 Å². The quantitative estimate of drug-likeness (QED) is 0.309. The Bertz CT molecular complexity index is 1510. The van der Waals surface area contributed by atoms with E-state index in [4.69, 9.17) is 33.0 Å². The number of fused-ring (bicyclic) bond motifs is 1. The summed E-state index contributed by atoms with van der Waals surface area (Å²) in [5.74, 6) is 0.224.